The van der Waals surface area contributed by atoms with Gasteiger partial charge in [-0.05, 0) is 48.0 Å². The third-order valence-electron chi connectivity index (χ3n) is 4.93. The van der Waals surface area contributed by atoms with E-state index in [1.54, 1.807) is 29.3 Å². The zero-order chi connectivity index (χ0) is 20.0. The largest absolute Gasteiger partial charge is 0.328 e. The second-order valence-electron chi connectivity index (χ2n) is 6.90. The summed E-state index contributed by atoms with van der Waals surface area (Å²) < 4.78 is 3.14. The van der Waals surface area contributed by atoms with E-state index in [2.05, 4.69) is 0 Å². The highest BCUT2D eigenvalue weighted by atomic mass is 32.2. The molecule has 0 saturated carbocycles. The lowest BCUT2D eigenvalue weighted by Crippen LogP contribution is -2.27. The van der Waals surface area contributed by atoms with Gasteiger partial charge in [-0.1, -0.05) is 35.9 Å². The molecule has 2 aromatic carbocycles. The van der Waals surface area contributed by atoms with Gasteiger partial charge in [-0.2, -0.15) is 0 Å². The number of aryl methyl sites for hydroxylation is 3. The zero-order valence-electron chi connectivity index (χ0n) is 15.8. The van der Waals surface area contributed by atoms with Gasteiger partial charge in [0.05, 0.1) is 22.5 Å². The van der Waals surface area contributed by atoms with Gasteiger partial charge in [0.1, 0.15) is 0 Å². The van der Waals surface area contributed by atoms with E-state index < -0.39 is 0 Å². The van der Waals surface area contributed by atoms with Crippen LogP contribution < -0.4 is 5.69 Å². The number of nitrogens with zero attached hydrogens (tertiary/aromatic N) is 3. The van der Waals surface area contributed by atoms with Gasteiger partial charge >= 0.3 is 5.69 Å². The van der Waals surface area contributed by atoms with Crippen molar-refractivity contribution in [2.45, 2.75) is 13.5 Å². The first-order valence-corrected chi connectivity index (χ1v) is 9.63. The van der Waals surface area contributed by atoms with E-state index in [1.807, 2.05) is 49.4 Å². The molecule has 0 spiro atoms. The van der Waals surface area contributed by atoms with Gasteiger partial charge in [0.2, 0.25) is 0 Å². The van der Waals surface area contributed by atoms with Crippen LogP contribution in [0.2, 0.25) is 0 Å². The van der Waals surface area contributed by atoms with Crippen molar-refractivity contribution < 1.29 is 9.59 Å². The average molecular weight is 393 g/mol. The molecule has 1 saturated heterocycles. The monoisotopic (exact) mass is 393 g/mol. The molecular weight excluding hydrogens is 374 g/mol. The maximum absolute atomic E-state index is 12.7. The normalized spacial score (nSPS) is 16.0. The number of thioether (sulfide) groups is 1. The van der Waals surface area contributed by atoms with Gasteiger partial charge in [-0.15, -0.1) is 0 Å². The number of imide groups is 1. The zero-order valence-corrected chi connectivity index (χ0v) is 16.6. The lowest BCUT2D eigenvalue weighted by Gasteiger charge is -2.12. The van der Waals surface area contributed by atoms with Crippen LogP contribution >= 0.6 is 11.8 Å². The molecule has 1 aliphatic rings. The predicted octanol–water partition coefficient (Wildman–Crippen LogP) is 3.42. The Morgan fingerprint density at radius 3 is 2.32 bits per heavy atom. The van der Waals surface area contributed by atoms with Crippen LogP contribution in [-0.2, 0) is 25.4 Å². The van der Waals surface area contributed by atoms with Crippen molar-refractivity contribution in [2.24, 2.45) is 14.1 Å². The highest BCUT2D eigenvalue weighted by Crippen LogP contribution is 2.33. The summed E-state index contributed by atoms with van der Waals surface area (Å²) >= 11 is 0.942. The standard InChI is InChI=1S/C21H19N3O3S/c1-13-4-6-14(7-5-13)12-24-19(25)18(28-21(24)27)11-15-8-9-16-17(10-15)23(3)20(26)22(16)2/h4-11H,12H2,1-3H3/b18-11+. The van der Waals surface area contributed by atoms with Crippen molar-refractivity contribution in [3.8, 4) is 0 Å². The summed E-state index contributed by atoms with van der Waals surface area (Å²) in [5.74, 6) is -0.294. The fourth-order valence-corrected chi connectivity index (χ4v) is 4.12. The number of hydrogen-bond acceptors (Lipinski definition) is 4. The van der Waals surface area contributed by atoms with Crippen LogP contribution in [-0.4, -0.2) is 25.2 Å². The Labute approximate surface area is 166 Å². The third kappa shape index (κ3) is 3.07. The topological polar surface area (TPSA) is 64.3 Å². The van der Waals surface area contributed by atoms with Gasteiger partial charge in [0.15, 0.2) is 0 Å². The Morgan fingerprint density at radius 2 is 1.61 bits per heavy atom. The van der Waals surface area contributed by atoms with E-state index in [4.69, 9.17) is 0 Å². The molecule has 0 bridgehead atoms. The first kappa shape index (κ1) is 18.3. The van der Waals surface area contributed by atoms with Crippen molar-refractivity contribution in [1.29, 1.82) is 0 Å². The number of aromatic nitrogens is 2. The van der Waals surface area contributed by atoms with Gasteiger partial charge in [0.25, 0.3) is 11.1 Å². The summed E-state index contributed by atoms with van der Waals surface area (Å²) in [5.41, 5.74) is 4.30. The number of hydrogen-bond donors (Lipinski definition) is 0. The molecule has 0 N–H and O–H groups in total. The number of rotatable bonds is 3. The van der Waals surface area contributed by atoms with E-state index in [0.717, 1.165) is 39.5 Å². The maximum atomic E-state index is 12.7. The first-order valence-electron chi connectivity index (χ1n) is 8.81. The van der Waals surface area contributed by atoms with E-state index >= 15 is 0 Å². The smallest absolute Gasteiger partial charge is 0.295 e. The van der Waals surface area contributed by atoms with Crippen molar-refractivity contribution >= 4 is 40.0 Å². The molecule has 6 nitrogen and oxygen atoms in total. The molecule has 2 heterocycles. The van der Waals surface area contributed by atoms with Crippen molar-refractivity contribution in [3.63, 3.8) is 0 Å². The molecule has 1 fully saturated rings. The summed E-state index contributed by atoms with van der Waals surface area (Å²) in [6.07, 6.45) is 1.71. The van der Waals surface area contributed by atoms with Crippen LogP contribution in [0.4, 0.5) is 4.79 Å². The van der Waals surface area contributed by atoms with E-state index in [-0.39, 0.29) is 23.4 Å². The lowest BCUT2D eigenvalue weighted by atomic mass is 10.1. The number of carbonyl (C=O) groups excluding carboxylic acids is 2. The van der Waals surface area contributed by atoms with E-state index in [9.17, 15) is 14.4 Å². The minimum absolute atomic E-state index is 0.106. The number of benzene rings is 2. The van der Waals surface area contributed by atoms with Crippen LogP contribution in [0, 0.1) is 6.92 Å². The molecule has 28 heavy (non-hydrogen) atoms. The second-order valence-corrected chi connectivity index (χ2v) is 7.90. The molecule has 3 aromatic rings. The fourth-order valence-electron chi connectivity index (χ4n) is 3.28. The van der Waals surface area contributed by atoms with E-state index in [1.165, 1.54) is 4.90 Å². The Bertz CT molecular complexity index is 1200. The van der Waals surface area contributed by atoms with Gasteiger partial charge < -0.3 is 0 Å². The van der Waals surface area contributed by atoms with Crippen LogP contribution in [0.1, 0.15) is 16.7 Å². The SMILES string of the molecule is Cc1ccc(CN2C(=O)S/C(=C/c3ccc4c(c3)n(C)c(=O)n4C)C2=O)cc1. The summed E-state index contributed by atoms with van der Waals surface area (Å²) in [4.78, 5) is 38.8. The summed E-state index contributed by atoms with van der Waals surface area (Å²) in [6, 6.07) is 13.3. The van der Waals surface area contributed by atoms with Crippen LogP contribution in [0.3, 0.4) is 0 Å². The number of imidazole rings is 1. The molecule has 4 rings (SSSR count). The molecular formula is C21H19N3O3S. The first-order chi connectivity index (χ1) is 13.3. The fraction of sp³-hybridized carbons (Fsp3) is 0.190. The Hall–Kier alpha value is -3.06. The van der Waals surface area contributed by atoms with Crippen LogP contribution in [0.5, 0.6) is 0 Å². The number of fused-ring (bicyclic) bond motifs is 1. The van der Waals surface area contributed by atoms with Gasteiger partial charge in [-0.25, -0.2) is 4.79 Å². The Morgan fingerprint density at radius 1 is 0.929 bits per heavy atom. The molecule has 0 atom stereocenters. The van der Waals surface area contributed by atoms with Crippen molar-refractivity contribution in [3.05, 3.63) is 74.5 Å². The van der Waals surface area contributed by atoms with E-state index in [0.29, 0.717) is 4.91 Å². The summed E-state index contributed by atoms with van der Waals surface area (Å²) in [6.45, 7) is 2.25. The summed E-state index contributed by atoms with van der Waals surface area (Å²) in [7, 11) is 3.44. The second kappa shape index (κ2) is 6.83. The van der Waals surface area contributed by atoms with Gasteiger partial charge in [0, 0.05) is 14.1 Å². The molecule has 142 valence electrons. The summed E-state index contributed by atoms with van der Waals surface area (Å²) in [5, 5.41) is -0.273. The molecule has 7 heteroatoms. The molecule has 1 aromatic heterocycles. The third-order valence-corrected chi connectivity index (χ3v) is 5.84. The van der Waals surface area contributed by atoms with Crippen molar-refractivity contribution in [1.82, 2.24) is 14.0 Å². The highest BCUT2D eigenvalue weighted by molar-refractivity contribution is 8.18. The Balaban J connectivity index is 1.63. The van der Waals surface area contributed by atoms with Crippen molar-refractivity contribution in [2.75, 3.05) is 0 Å². The van der Waals surface area contributed by atoms with Crippen LogP contribution in [0.25, 0.3) is 17.1 Å². The predicted molar refractivity (Wildman–Crippen MR) is 111 cm³/mol. The average Bonchev–Trinajstić information content (AvgIpc) is 3.06. The lowest BCUT2D eigenvalue weighted by molar-refractivity contribution is -0.123. The molecule has 0 radical (unpaired) electrons. The Kier molecular flexibility index (Phi) is 4.47. The number of carbonyl (C=O) groups is 2. The maximum Gasteiger partial charge on any atom is 0.328 e. The van der Waals surface area contributed by atoms with Crippen LogP contribution in [0.15, 0.2) is 52.2 Å². The highest BCUT2D eigenvalue weighted by Gasteiger charge is 2.35. The quantitative estimate of drug-likeness (QED) is 0.640. The number of amides is 2. The minimum Gasteiger partial charge on any atom is -0.295 e. The molecule has 0 aliphatic carbocycles. The molecule has 0 unspecified atom stereocenters. The van der Waals surface area contributed by atoms with Gasteiger partial charge in [-0.3, -0.25) is 23.6 Å². The minimum atomic E-state index is -0.294. The molecule has 1 aliphatic heterocycles. The molecule has 2 amide bonds.